The average molecular weight is 198 g/mol. The van der Waals surface area contributed by atoms with E-state index in [0.717, 1.165) is 23.4 Å². The van der Waals surface area contributed by atoms with E-state index in [-0.39, 0.29) is 5.78 Å². The van der Waals surface area contributed by atoms with E-state index in [0.29, 0.717) is 13.0 Å². The molecule has 0 bridgehead atoms. The Morgan fingerprint density at radius 1 is 1.33 bits per heavy atom. The van der Waals surface area contributed by atoms with E-state index in [1.807, 2.05) is 6.07 Å². The number of carbonyl (C=O) groups is 1. The zero-order chi connectivity index (χ0) is 10.3. The van der Waals surface area contributed by atoms with Crippen molar-refractivity contribution in [1.82, 2.24) is 4.98 Å². The van der Waals surface area contributed by atoms with Gasteiger partial charge < -0.3 is 0 Å². The van der Waals surface area contributed by atoms with Gasteiger partial charge in [-0.15, -0.1) is 0 Å². The van der Waals surface area contributed by atoms with Crippen LogP contribution in [0.2, 0.25) is 0 Å². The Kier molecular flexibility index (Phi) is 1.78. The minimum absolute atomic E-state index is 0.199. The summed E-state index contributed by atoms with van der Waals surface area (Å²) in [6, 6.07) is 4.00. The van der Waals surface area contributed by atoms with Crippen LogP contribution in [0.3, 0.4) is 0 Å². The van der Waals surface area contributed by atoms with Gasteiger partial charge in [-0.05, 0) is 23.6 Å². The lowest BCUT2D eigenvalue weighted by Crippen LogP contribution is -2.23. The second-order valence-corrected chi connectivity index (χ2v) is 3.82. The quantitative estimate of drug-likeness (QED) is 0.631. The van der Waals surface area contributed by atoms with E-state index in [4.69, 9.17) is 0 Å². The first-order chi connectivity index (χ1) is 7.34. The van der Waals surface area contributed by atoms with Crippen molar-refractivity contribution in [2.75, 3.05) is 6.54 Å². The normalized spacial score (nSPS) is 18.8. The summed E-state index contributed by atoms with van der Waals surface area (Å²) in [7, 11) is 0. The Balaban J connectivity index is 2.15. The minimum atomic E-state index is 0.199. The highest BCUT2D eigenvalue weighted by molar-refractivity contribution is 6.17. The van der Waals surface area contributed by atoms with Crippen molar-refractivity contribution in [1.29, 1.82) is 0 Å². The van der Waals surface area contributed by atoms with E-state index in [1.54, 1.807) is 6.20 Å². The van der Waals surface area contributed by atoms with Crippen molar-refractivity contribution >= 4 is 11.5 Å². The third-order valence-electron chi connectivity index (χ3n) is 2.79. The maximum absolute atomic E-state index is 11.3. The first-order valence-electron chi connectivity index (χ1n) is 5.04. The van der Waals surface area contributed by atoms with Crippen molar-refractivity contribution < 1.29 is 4.79 Å². The van der Waals surface area contributed by atoms with E-state index in [2.05, 4.69) is 22.1 Å². The number of pyridine rings is 1. The molecule has 0 radical (unpaired) electrons. The Bertz CT molecular complexity index is 500. The van der Waals surface area contributed by atoms with Gasteiger partial charge >= 0.3 is 0 Å². The molecule has 0 saturated carbocycles. The molecule has 0 fully saturated rings. The van der Waals surface area contributed by atoms with E-state index in [1.165, 1.54) is 5.56 Å². The predicted octanol–water partition coefficient (Wildman–Crippen LogP) is 1.33. The number of ketones is 1. The molecule has 1 aromatic heterocycles. The van der Waals surface area contributed by atoms with Crippen molar-refractivity contribution in [2.45, 2.75) is 12.8 Å². The van der Waals surface area contributed by atoms with Crippen LogP contribution >= 0.6 is 0 Å². The molecule has 2 heterocycles. The smallest absolute Gasteiger partial charge is 0.158 e. The summed E-state index contributed by atoms with van der Waals surface area (Å²) in [6.45, 7) is 0.308. The van der Waals surface area contributed by atoms with Crippen LogP contribution in [0.15, 0.2) is 35.0 Å². The zero-order valence-electron chi connectivity index (χ0n) is 8.23. The highest BCUT2D eigenvalue weighted by atomic mass is 16.1. The molecule has 0 saturated heterocycles. The summed E-state index contributed by atoms with van der Waals surface area (Å²) in [5.41, 5.74) is 4.14. The lowest BCUT2D eigenvalue weighted by Gasteiger charge is -2.20. The van der Waals surface area contributed by atoms with Crippen LogP contribution in [0.4, 0.5) is 0 Å². The summed E-state index contributed by atoms with van der Waals surface area (Å²) in [4.78, 5) is 19.9. The molecular formula is C12H10N2O. The molecule has 0 spiro atoms. The van der Waals surface area contributed by atoms with Crippen LogP contribution < -0.4 is 0 Å². The molecule has 0 aromatic carbocycles. The van der Waals surface area contributed by atoms with Gasteiger partial charge in [0, 0.05) is 12.6 Å². The fraction of sp³-hybridized carbons (Fsp3) is 0.250. The van der Waals surface area contributed by atoms with Crippen molar-refractivity contribution in [2.24, 2.45) is 4.99 Å². The predicted molar refractivity (Wildman–Crippen MR) is 57.1 cm³/mol. The molecule has 1 aromatic rings. The molecule has 1 aliphatic heterocycles. The van der Waals surface area contributed by atoms with Gasteiger partial charge in [-0.25, -0.2) is 0 Å². The zero-order valence-corrected chi connectivity index (χ0v) is 8.23. The number of hydrogen-bond acceptors (Lipinski definition) is 3. The lowest BCUT2D eigenvalue weighted by atomic mass is 9.89. The topological polar surface area (TPSA) is 42.3 Å². The van der Waals surface area contributed by atoms with Crippen molar-refractivity contribution in [3.05, 3.63) is 41.2 Å². The number of aromatic nitrogens is 1. The monoisotopic (exact) mass is 198 g/mol. The Hall–Kier alpha value is -1.77. The highest BCUT2D eigenvalue weighted by Crippen LogP contribution is 2.24. The largest absolute Gasteiger partial charge is 0.297 e. The summed E-state index contributed by atoms with van der Waals surface area (Å²) in [5.74, 6) is 0.199. The van der Waals surface area contributed by atoms with Gasteiger partial charge in [-0.2, -0.15) is 0 Å². The third kappa shape index (κ3) is 1.31. The van der Waals surface area contributed by atoms with E-state index in [9.17, 15) is 4.79 Å². The summed E-state index contributed by atoms with van der Waals surface area (Å²) < 4.78 is 0. The van der Waals surface area contributed by atoms with Gasteiger partial charge in [-0.1, -0.05) is 12.1 Å². The summed E-state index contributed by atoms with van der Waals surface area (Å²) >= 11 is 0. The van der Waals surface area contributed by atoms with Gasteiger partial charge in [0.2, 0.25) is 0 Å². The first-order valence-corrected chi connectivity index (χ1v) is 5.04. The average Bonchev–Trinajstić information content (AvgIpc) is 2.28. The maximum Gasteiger partial charge on any atom is 0.158 e. The van der Waals surface area contributed by atoms with Crippen LogP contribution in [0.5, 0.6) is 0 Å². The maximum atomic E-state index is 11.3. The molecule has 3 heteroatoms. The van der Waals surface area contributed by atoms with Gasteiger partial charge in [0.1, 0.15) is 0 Å². The standard InChI is InChI=1S/C12H10N2O/c15-10-6-9-4-3-8-2-1-5-13-11(8)12(9)14-7-10/h1-2,4-5H,3,6-7H2. The SMILES string of the molecule is O=C1CN=C2C(=CCc3cccnc32)C1. The number of hydrogen-bond donors (Lipinski definition) is 0. The Labute approximate surface area is 87.6 Å². The van der Waals surface area contributed by atoms with Crippen LogP contribution in [0.25, 0.3) is 0 Å². The number of aliphatic imine (C=N–C) groups is 1. The molecule has 1 aliphatic carbocycles. The molecule has 0 unspecified atom stereocenters. The molecule has 0 atom stereocenters. The van der Waals surface area contributed by atoms with Crippen molar-refractivity contribution in [3.63, 3.8) is 0 Å². The van der Waals surface area contributed by atoms with Gasteiger partial charge in [0.25, 0.3) is 0 Å². The lowest BCUT2D eigenvalue weighted by molar-refractivity contribution is -0.117. The summed E-state index contributed by atoms with van der Waals surface area (Å²) in [6.07, 6.45) is 5.26. The Morgan fingerprint density at radius 3 is 3.20 bits per heavy atom. The number of Topliss-reactive ketones (excluding diaryl/α,β-unsaturated/α-hetero) is 1. The van der Waals surface area contributed by atoms with E-state index < -0.39 is 0 Å². The molecule has 3 nitrogen and oxygen atoms in total. The second kappa shape index (κ2) is 3.12. The molecule has 2 aliphatic rings. The van der Waals surface area contributed by atoms with Crippen molar-refractivity contribution in [3.8, 4) is 0 Å². The fourth-order valence-corrected chi connectivity index (χ4v) is 2.07. The van der Waals surface area contributed by atoms with Crippen LogP contribution in [0, 0.1) is 0 Å². The minimum Gasteiger partial charge on any atom is -0.297 e. The summed E-state index contributed by atoms with van der Waals surface area (Å²) in [5, 5.41) is 0. The first kappa shape index (κ1) is 8.53. The number of allylic oxidation sites excluding steroid dienone is 2. The van der Waals surface area contributed by atoms with Gasteiger partial charge in [0.05, 0.1) is 18.0 Å². The van der Waals surface area contributed by atoms with Crippen LogP contribution in [-0.4, -0.2) is 23.0 Å². The number of carbonyl (C=O) groups excluding carboxylic acids is 1. The molecule has 0 N–H and O–H groups in total. The Morgan fingerprint density at radius 2 is 2.27 bits per heavy atom. The van der Waals surface area contributed by atoms with Crippen LogP contribution in [-0.2, 0) is 11.2 Å². The molecule has 15 heavy (non-hydrogen) atoms. The van der Waals surface area contributed by atoms with Crippen LogP contribution in [0.1, 0.15) is 17.7 Å². The number of rotatable bonds is 0. The highest BCUT2D eigenvalue weighted by Gasteiger charge is 2.24. The van der Waals surface area contributed by atoms with E-state index >= 15 is 0 Å². The fourth-order valence-electron chi connectivity index (χ4n) is 2.07. The molecule has 0 amide bonds. The number of nitrogens with zero attached hydrogens (tertiary/aromatic N) is 2. The molecular weight excluding hydrogens is 188 g/mol. The molecule has 74 valence electrons. The number of fused-ring (bicyclic) bond motifs is 3. The second-order valence-electron chi connectivity index (χ2n) is 3.82. The third-order valence-corrected chi connectivity index (χ3v) is 2.79. The van der Waals surface area contributed by atoms with Gasteiger partial charge in [-0.3, -0.25) is 14.8 Å². The molecule has 3 rings (SSSR count). The van der Waals surface area contributed by atoms with Gasteiger partial charge in [0.15, 0.2) is 5.78 Å².